The lowest BCUT2D eigenvalue weighted by Crippen LogP contribution is -2.23. The van der Waals surface area contributed by atoms with Crippen LogP contribution in [0.3, 0.4) is 0 Å². The second kappa shape index (κ2) is 6.48. The second-order valence-corrected chi connectivity index (χ2v) is 7.16. The lowest BCUT2D eigenvalue weighted by molar-refractivity contribution is 0.0952. The standard InChI is InChI=1S/C22H23NO/c1-22(2,3)18-13-11-16(12-14-18)15-23-21(24)20-10-6-8-17-7-4-5-9-19(17)20/h4-14H,15H2,1-3H3,(H,23,24). The molecule has 0 aliphatic rings. The minimum atomic E-state index is -0.0355. The van der Waals surface area contributed by atoms with E-state index in [4.69, 9.17) is 0 Å². The first-order chi connectivity index (χ1) is 11.4. The van der Waals surface area contributed by atoms with E-state index in [0.717, 1.165) is 21.9 Å². The molecule has 1 N–H and O–H groups in total. The van der Waals surface area contributed by atoms with Crippen molar-refractivity contribution in [1.29, 1.82) is 0 Å². The van der Waals surface area contributed by atoms with Gasteiger partial charge in [0.15, 0.2) is 0 Å². The molecule has 1 amide bonds. The quantitative estimate of drug-likeness (QED) is 0.718. The summed E-state index contributed by atoms with van der Waals surface area (Å²) in [5.41, 5.74) is 3.27. The van der Waals surface area contributed by atoms with Crippen molar-refractivity contribution in [2.75, 3.05) is 0 Å². The molecule has 0 heterocycles. The van der Waals surface area contributed by atoms with Crippen LogP contribution in [-0.4, -0.2) is 5.91 Å². The predicted molar refractivity (Wildman–Crippen MR) is 100 cm³/mol. The third-order valence-electron chi connectivity index (χ3n) is 4.31. The molecule has 24 heavy (non-hydrogen) atoms. The zero-order valence-electron chi connectivity index (χ0n) is 14.5. The maximum atomic E-state index is 12.5. The van der Waals surface area contributed by atoms with E-state index in [0.29, 0.717) is 6.54 Å². The van der Waals surface area contributed by atoms with Crippen molar-refractivity contribution >= 4 is 16.7 Å². The van der Waals surface area contributed by atoms with E-state index in [-0.39, 0.29) is 11.3 Å². The van der Waals surface area contributed by atoms with Crippen LogP contribution in [0.25, 0.3) is 10.8 Å². The average Bonchev–Trinajstić information content (AvgIpc) is 2.59. The van der Waals surface area contributed by atoms with E-state index in [1.54, 1.807) is 0 Å². The summed E-state index contributed by atoms with van der Waals surface area (Å²) in [4.78, 5) is 12.5. The van der Waals surface area contributed by atoms with E-state index in [1.807, 2.05) is 42.5 Å². The number of rotatable bonds is 3. The third-order valence-corrected chi connectivity index (χ3v) is 4.31. The van der Waals surface area contributed by atoms with Crippen LogP contribution in [0.15, 0.2) is 66.7 Å². The highest BCUT2D eigenvalue weighted by atomic mass is 16.1. The van der Waals surface area contributed by atoms with Gasteiger partial charge in [0, 0.05) is 12.1 Å². The zero-order chi connectivity index (χ0) is 17.2. The number of amides is 1. The zero-order valence-corrected chi connectivity index (χ0v) is 14.5. The van der Waals surface area contributed by atoms with Gasteiger partial charge in [-0.15, -0.1) is 0 Å². The Labute approximate surface area is 143 Å². The average molecular weight is 317 g/mol. The monoisotopic (exact) mass is 317 g/mol. The van der Waals surface area contributed by atoms with E-state index >= 15 is 0 Å². The van der Waals surface area contributed by atoms with Crippen molar-refractivity contribution in [3.05, 3.63) is 83.4 Å². The molecular weight excluding hydrogens is 294 g/mol. The number of benzene rings is 3. The van der Waals surface area contributed by atoms with Gasteiger partial charge in [-0.3, -0.25) is 4.79 Å². The highest BCUT2D eigenvalue weighted by molar-refractivity contribution is 6.06. The Balaban J connectivity index is 1.73. The molecular formula is C22H23NO. The summed E-state index contributed by atoms with van der Waals surface area (Å²) in [7, 11) is 0. The van der Waals surface area contributed by atoms with Gasteiger partial charge in [0.2, 0.25) is 0 Å². The Kier molecular flexibility index (Phi) is 4.39. The molecule has 0 saturated carbocycles. The third kappa shape index (κ3) is 3.48. The van der Waals surface area contributed by atoms with Crippen molar-refractivity contribution in [3.8, 4) is 0 Å². The van der Waals surface area contributed by atoms with Crippen LogP contribution in [0, 0.1) is 0 Å². The number of carbonyl (C=O) groups excluding carboxylic acids is 1. The van der Waals surface area contributed by atoms with Gasteiger partial charge in [0.25, 0.3) is 5.91 Å². The summed E-state index contributed by atoms with van der Waals surface area (Å²) in [6.45, 7) is 7.13. The van der Waals surface area contributed by atoms with Crippen LogP contribution in [0.2, 0.25) is 0 Å². The largest absolute Gasteiger partial charge is 0.348 e. The fourth-order valence-electron chi connectivity index (χ4n) is 2.82. The molecule has 0 atom stereocenters. The molecule has 0 unspecified atom stereocenters. The highest BCUT2D eigenvalue weighted by Gasteiger charge is 2.13. The summed E-state index contributed by atoms with van der Waals surface area (Å²) in [5, 5.41) is 5.10. The Morgan fingerprint density at radius 2 is 1.54 bits per heavy atom. The molecule has 2 nitrogen and oxygen atoms in total. The molecule has 3 aromatic carbocycles. The predicted octanol–water partition coefficient (Wildman–Crippen LogP) is 5.07. The van der Waals surface area contributed by atoms with Gasteiger partial charge in [-0.1, -0.05) is 81.4 Å². The van der Waals surface area contributed by atoms with Crippen molar-refractivity contribution in [3.63, 3.8) is 0 Å². The van der Waals surface area contributed by atoms with Crippen LogP contribution < -0.4 is 5.32 Å². The Bertz CT molecular complexity index is 852. The molecule has 0 aliphatic carbocycles. The van der Waals surface area contributed by atoms with Crippen LogP contribution in [0.5, 0.6) is 0 Å². The Hall–Kier alpha value is -2.61. The van der Waals surface area contributed by atoms with Gasteiger partial charge in [-0.05, 0) is 33.4 Å². The van der Waals surface area contributed by atoms with Crippen molar-refractivity contribution in [2.45, 2.75) is 32.7 Å². The SMILES string of the molecule is CC(C)(C)c1ccc(CNC(=O)c2cccc3ccccc23)cc1. The first-order valence-electron chi connectivity index (χ1n) is 8.30. The van der Waals surface area contributed by atoms with E-state index in [2.05, 4.69) is 50.4 Å². The van der Waals surface area contributed by atoms with Crippen LogP contribution in [0.4, 0.5) is 0 Å². The molecule has 0 radical (unpaired) electrons. The first-order valence-corrected chi connectivity index (χ1v) is 8.30. The topological polar surface area (TPSA) is 29.1 Å². The molecule has 0 saturated heterocycles. The number of nitrogens with one attached hydrogen (secondary N) is 1. The summed E-state index contributed by atoms with van der Waals surface area (Å²) in [5.74, 6) is -0.0355. The highest BCUT2D eigenvalue weighted by Crippen LogP contribution is 2.22. The van der Waals surface area contributed by atoms with Crippen molar-refractivity contribution < 1.29 is 4.79 Å². The van der Waals surface area contributed by atoms with Crippen molar-refractivity contribution in [2.24, 2.45) is 0 Å². The molecule has 2 heteroatoms. The fourth-order valence-corrected chi connectivity index (χ4v) is 2.82. The maximum Gasteiger partial charge on any atom is 0.252 e. The summed E-state index contributed by atoms with van der Waals surface area (Å²) in [6.07, 6.45) is 0. The van der Waals surface area contributed by atoms with Crippen molar-refractivity contribution in [1.82, 2.24) is 5.32 Å². The molecule has 3 rings (SSSR count). The van der Waals surface area contributed by atoms with Crippen LogP contribution >= 0.6 is 0 Å². The molecule has 3 aromatic rings. The summed E-state index contributed by atoms with van der Waals surface area (Å²) < 4.78 is 0. The first kappa shape index (κ1) is 16.3. The lowest BCUT2D eigenvalue weighted by atomic mass is 9.87. The molecule has 0 bridgehead atoms. The smallest absolute Gasteiger partial charge is 0.252 e. The van der Waals surface area contributed by atoms with Gasteiger partial charge in [0.1, 0.15) is 0 Å². The number of carbonyl (C=O) groups is 1. The van der Waals surface area contributed by atoms with Gasteiger partial charge in [0.05, 0.1) is 0 Å². The van der Waals surface area contributed by atoms with Gasteiger partial charge < -0.3 is 5.32 Å². The Morgan fingerprint density at radius 3 is 2.25 bits per heavy atom. The lowest BCUT2D eigenvalue weighted by Gasteiger charge is -2.19. The van der Waals surface area contributed by atoms with Gasteiger partial charge in [-0.2, -0.15) is 0 Å². The van der Waals surface area contributed by atoms with Crippen LogP contribution in [-0.2, 0) is 12.0 Å². The number of hydrogen-bond donors (Lipinski definition) is 1. The Morgan fingerprint density at radius 1 is 0.875 bits per heavy atom. The molecule has 0 aliphatic heterocycles. The minimum absolute atomic E-state index is 0.0355. The minimum Gasteiger partial charge on any atom is -0.348 e. The number of hydrogen-bond acceptors (Lipinski definition) is 1. The van der Waals surface area contributed by atoms with Gasteiger partial charge in [-0.25, -0.2) is 0 Å². The summed E-state index contributed by atoms with van der Waals surface area (Å²) in [6, 6.07) is 22.2. The molecule has 0 spiro atoms. The molecule has 122 valence electrons. The summed E-state index contributed by atoms with van der Waals surface area (Å²) >= 11 is 0. The van der Waals surface area contributed by atoms with E-state index in [1.165, 1.54) is 5.56 Å². The van der Waals surface area contributed by atoms with Crippen LogP contribution in [0.1, 0.15) is 42.3 Å². The fraction of sp³-hybridized carbons (Fsp3) is 0.227. The number of fused-ring (bicyclic) bond motifs is 1. The van der Waals surface area contributed by atoms with E-state index < -0.39 is 0 Å². The van der Waals surface area contributed by atoms with Gasteiger partial charge >= 0.3 is 0 Å². The van der Waals surface area contributed by atoms with E-state index in [9.17, 15) is 4.79 Å². The normalized spacial score (nSPS) is 11.5. The molecule has 0 aromatic heterocycles. The molecule has 0 fully saturated rings. The second-order valence-electron chi connectivity index (χ2n) is 7.16. The maximum absolute atomic E-state index is 12.5.